The van der Waals surface area contributed by atoms with Crippen LogP contribution in [0, 0.1) is 13.8 Å². The number of anilines is 2. The number of rotatable bonds is 6. The number of benzene rings is 1. The molecule has 0 radical (unpaired) electrons. The first-order valence-corrected chi connectivity index (χ1v) is 10.5. The van der Waals surface area contributed by atoms with E-state index in [9.17, 15) is 4.79 Å². The molecule has 3 aromatic rings. The molecule has 0 unspecified atom stereocenters. The number of hydrogen-bond donors (Lipinski definition) is 2. The number of thioether (sulfide) groups is 1. The molecular formula is C20H23ClN6OS. The molecule has 0 fully saturated rings. The van der Waals surface area contributed by atoms with Gasteiger partial charge in [-0.05, 0) is 38.0 Å². The molecule has 1 aromatic carbocycles. The molecular weight excluding hydrogens is 408 g/mol. The standard InChI is InChI=1S/C20H23ClN6OS/c1-5-15-17(13-6-8-14(21)9-7-13)19(22)25-20(23-15)29-10-16(28)24-18-11(2)26-27(4)12(18)3/h6-9H,5,10H2,1-4H3,(H,24,28)(H2,22,23,25). The van der Waals surface area contributed by atoms with Crippen molar-refractivity contribution in [1.82, 2.24) is 19.7 Å². The van der Waals surface area contributed by atoms with E-state index >= 15 is 0 Å². The third kappa shape index (κ3) is 4.71. The van der Waals surface area contributed by atoms with E-state index in [1.807, 2.05) is 52.1 Å². The monoisotopic (exact) mass is 430 g/mol. The second-order valence-electron chi connectivity index (χ2n) is 6.58. The van der Waals surface area contributed by atoms with Gasteiger partial charge in [-0.3, -0.25) is 9.48 Å². The van der Waals surface area contributed by atoms with E-state index in [-0.39, 0.29) is 11.7 Å². The minimum Gasteiger partial charge on any atom is -0.383 e. The molecule has 9 heteroatoms. The van der Waals surface area contributed by atoms with Crippen LogP contribution in [0.3, 0.4) is 0 Å². The van der Waals surface area contributed by atoms with Gasteiger partial charge in [0.25, 0.3) is 0 Å². The highest BCUT2D eigenvalue weighted by atomic mass is 35.5. The predicted octanol–water partition coefficient (Wildman–Crippen LogP) is 4.02. The molecule has 29 heavy (non-hydrogen) atoms. The highest BCUT2D eigenvalue weighted by Crippen LogP contribution is 2.31. The van der Waals surface area contributed by atoms with Crippen molar-refractivity contribution in [2.24, 2.45) is 7.05 Å². The van der Waals surface area contributed by atoms with Gasteiger partial charge >= 0.3 is 0 Å². The first-order valence-electron chi connectivity index (χ1n) is 9.15. The van der Waals surface area contributed by atoms with Gasteiger partial charge in [0.2, 0.25) is 5.91 Å². The predicted molar refractivity (Wildman–Crippen MR) is 118 cm³/mol. The quantitative estimate of drug-likeness (QED) is 0.452. The zero-order valence-corrected chi connectivity index (χ0v) is 18.4. The van der Waals surface area contributed by atoms with Crippen LogP contribution in [-0.2, 0) is 18.3 Å². The Balaban J connectivity index is 1.75. The van der Waals surface area contributed by atoms with Crippen LogP contribution < -0.4 is 11.1 Å². The normalized spacial score (nSPS) is 10.9. The molecule has 2 aromatic heterocycles. The first kappa shape index (κ1) is 21.1. The molecule has 0 bridgehead atoms. The molecule has 152 valence electrons. The number of hydrogen-bond acceptors (Lipinski definition) is 6. The molecule has 0 aliphatic rings. The number of amides is 1. The number of carbonyl (C=O) groups is 1. The van der Waals surface area contributed by atoms with Crippen LogP contribution >= 0.6 is 23.4 Å². The number of nitrogens with zero attached hydrogens (tertiary/aromatic N) is 4. The Morgan fingerprint density at radius 1 is 1.24 bits per heavy atom. The Morgan fingerprint density at radius 3 is 2.52 bits per heavy atom. The molecule has 7 nitrogen and oxygen atoms in total. The lowest BCUT2D eigenvalue weighted by Gasteiger charge is -2.12. The van der Waals surface area contributed by atoms with Crippen LogP contribution in [-0.4, -0.2) is 31.4 Å². The Kier molecular flexibility index (Phi) is 6.44. The Labute approximate surface area is 179 Å². The summed E-state index contributed by atoms with van der Waals surface area (Å²) >= 11 is 7.23. The summed E-state index contributed by atoms with van der Waals surface area (Å²) in [6.45, 7) is 5.79. The smallest absolute Gasteiger partial charge is 0.234 e. The van der Waals surface area contributed by atoms with E-state index < -0.39 is 0 Å². The lowest BCUT2D eigenvalue weighted by Crippen LogP contribution is -2.16. The fourth-order valence-electron chi connectivity index (χ4n) is 3.01. The van der Waals surface area contributed by atoms with Gasteiger partial charge in [-0.15, -0.1) is 0 Å². The molecule has 2 heterocycles. The van der Waals surface area contributed by atoms with Gasteiger partial charge in [0.05, 0.1) is 28.5 Å². The van der Waals surface area contributed by atoms with Crippen molar-refractivity contribution in [2.45, 2.75) is 32.3 Å². The number of carbonyl (C=O) groups excluding carboxylic acids is 1. The number of nitrogen functional groups attached to an aromatic ring is 1. The van der Waals surface area contributed by atoms with E-state index in [0.717, 1.165) is 33.9 Å². The molecule has 0 aliphatic heterocycles. The summed E-state index contributed by atoms with van der Waals surface area (Å²) in [6.07, 6.45) is 0.693. The van der Waals surface area contributed by atoms with E-state index in [2.05, 4.69) is 20.4 Å². The molecule has 0 aliphatic carbocycles. The number of nitrogens with one attached hydrogen (secondary N) is 1. The number of aromatic nitrogens is 4. The van der Waals surface area contributed by atoms with Crippen LogP contribution in [0.25, 0.3) is 11.1 Å². The van der Waals surface area contributed by atoms with Gasteiger partial charge in [0.15, 0.2) is 5.16 Å². The summed E-state index contributed by atoms with van der Waals surface area (Å²) < 4.78 is 1.74. The second-order valence-corrected chi connectivity index (χ2v) is 7.96. The van der Waals surface area contributed by atoms with Crippen LogP contribution in [0.4, 0.5) is 11.5 Å². The highest BCUT2D eigenvalue weighted by Gasteiger charge is 2.16. The fraction of sp³-hybridized carbons (Fsp3) is 0.300. The average Bonchev–Trinajstić information content (AvgIpc) is 2.93. The van der Waals surface area contributed by atoms with E-state index in [0.29, 0.717) is 22.4 Å². The maximum absolute atomic E-state index is 12.4. The SMILES string of the molecule is CCc1nc(SCC(=O)Nc2c(C)nn(C)c2C)nc(N)c1-c1ccc(Cl)cc1. The third-order valence-electron chi connectivity index (χ3n) is 4.57. The van der Waals surface area contributed by atoms with Gasteiger partial charge < -0.3 is 11.1 Å². The number of aryl methyl sites for hydroxylation is 3. The Bertz CT molecular complexity index is 1050. The highest BCUT2D eigenvalue weighted by molar-refractivity contribution is 7.99. The summed E-state index contributed by atoms with van der Waals surface area (Å²) in [4.78, 5) is 21.4. The van der Waals surface area contributed by atoms with Gasteiger partial charge in [-0.25, -0.2) is 9.97 Å². The molecule has 0 spiro atoms. The van der Waals surface area contributed by atoms with E-state index in [4.69, 9.17) is 17.3 Å². The van der Waals surface area contributed by atoms with Crippen molar-refractivity contribution in [1.29, 1.82) is 0 Å². The average molecular weight is 431 g/mol. The molecule has 3 N–H and O–H groups in total. The van der Waals surface area contributed by atoms with Crippen LogP contribution in [0.5, 0.6) is 0 Å². The van der Waals surface area contributed by atoms with Crippen molar-refractivity contribution in [2.75, 3.05) is 16.8 Å². The van der Waals surface area contributed by atoms with E-state index in [1.54, 1.807) is 4.68 Å². The Morgan fingerprint density at radius 2 is 1.93 bits per heavy atom. The molecule has 3 rings (SSSR count). The maximum atomic E-state index is 12.4. The second kappa shape index (κ2) is 8.84. The van der Waals surface area contributed by atoms with Crippen molar-refractivity contribution in [3.63, 3.8) is 0 Å². The summed E-state index contributed by atoms with van der Waals surface area (Å²) in [5.74, 6) is 0.425. The fourth-order valence-corrected chi connectivity index (χ4v) is 3.81. The molecule has 0 saturated heterocycles. The first-order chi connectivity index (χ1) is 13.8. The molecule has 1 amide bonds. The Hall–Kier alpha value is -2.58. The topological polar surface area (TPSA) is 98.7 Å². The third-order valence-corrected chi connectivity index (χ3v) is 5.66. The van der Waals surface area contributed by atoms with Crippen molar-refractivity contribution in [3.8, 4) is 11.1 Å². The lowest BCUT2D eigenvalue weighted by atomic mass is 10.0. The summed E-state index contributed by atoms with van der Waals surface area (Å²) in [5.41, 5.74) is 11.2. The van der Waals surface area contributed by atoms with Crippen LogP contribution in [0.1, 0.15) is 24.0 Å². The van der Waals surface area contributed by atoms with Gasteiger partial charge in [0, 0.05) is 17.6 Å². The largest absolute Gasteiger partial charge is 0.383 e. The molecule has 0 saturated carbocycles. The van der Waals surface area contributed by atoms with Crippen LogP contribution in [0.2, 0.25) is 5.02 Å². The van der Waals surface area contributed by atoms with Crippen molar-refractivity contribution < 1.29 is 4.79 Å². The maximum Gasteiger partial charge on any atom is 0.234 e. The number of halogens is 1. The van der Waals surface area contributed by atoms with E-state index in [1.165, 1.54) is 11.8 Å². The molecule has 0 atom stereocenters. The summed E-state index contributed by atoms with van der Waals surface area (Å²) in [5, 5.41) is 8.35. The van der Waals surface area contributed by atoms with Gasteiger partial charge in [-0.1, -0.05) is 42.4 Å². The minimum atomic E-state index is -0.142. The summed E-state index contributed by atoms with van der Waals surface area (Å²) in [7, 11) is 1.85. The van der Waals surface area contributed by atoms with Crippen molar-refractivity contribution >= 4 is 40.8 Å². The number of nitrogens with two attached hydrogens (primary N) is 1. The lowest BCUT2D eigenvalue weighted by molar-refractivity contribution is -0.113. The van der Waals surface area contributed by atoms with Crippen LogP contribution in [0.15, 0.2) is 29.4 Å². The van der Waals surface area contributed by atoms with Gasteiger partial charge in [-0.2, -0.15) is 5.10 Å². The zero-order chi connectivity index (χ0) is 21.1. The summed E-state index contributed by atoms with van der Waals surface area (Å²) in [6, 6.07) is 7.42. The zero-order valence-electron chi connectivity index (χ0n) is 16.8. The minimum absolute atomic E-state index is 0.142. The van der Waals surface area contributed by atoms with Gasteiger partial charge in [0.1, 0.15) is 5.82 Å². The van der Waals surface area contributed by atoms with Crippen molar-refractivity contribution in [3.05, 3.63) is 46.4 Å².